The maximum Gasteiger partial charge on any atom is 0.152 e. The second kappa shape index (κ2) is 2.86. The van der Waals surface area contributed by atoms with Gasteiger partial charge in [0.2, 0.25) is 0 Å². The first-order valence-electron chi connectivity index (χ1n) is 4.42. The molecule has 0 unspecified atom stereocenters. The molecule has 0 aromatic heterocycles. The summed E-state index contributed by atoms with van der Waals surface area (Å²) in [5, 5.41) is 18.1. The van der Waals surface area contributed by atoms with Gasteiger partial charge in [-0.15, -0.1) is 0 Å². The highest BCUT2D eigenvalue weighted by Crippen LogP contribution is 2.43. The number of hydrogen-bond donors (Lipinski definition) is 1. The SMILES string of the molecule is N#CC1(O)CC(c2ccccc2)C1. The molecule has 1 fully saturated rings. The number of benzene rings is 1. The van der Waals surface area contributed by atoms with E-state index in [9.17, 15) is 5.11 Å². The first kappa shape index (κ1) is 8.28. The molecule has 1 aliphatic rings. The molecule has 1 aliphatic carbocycles. The van der Waals surface area contributed by atoms with Crippen LogP contribution in [0.15, 0.2) is 30.3 Å². The van der Waals surface area contributed by atoms with Crippen molar-refractivity contribution in [3.8, 4) is 6.07 Å². The maximum absolute atomic E-state index is 9.49. The third-order valence-corrected chi connectivity index (χ3v) is 2.65. The topological polar surface area (TPSA) is 44.0 Å². The lowest BCUT2D eigenvalue weighted by molar-refractivity contribution is 0.00396. The fourth-order valence-corrected chi connectivity index (χ4v) is 1.81. The second-order valence-corrected chi connectivity index (χ2v) is 3.66. The van der Waals surface area contributed by atoms with E-state index < -0.39 is 5.60 Å². The van der Waals surface area contributed by atoms with Gasteiger partial charge in [0, 0.05) is 0 Å². The van der Waals surface area contributed by atoms with Crippen LogP contribution in [-0.2, 0) is 0 Å². The third-order valence-electron chi connectivity index (χ3n) is 2.65. The Labute approximate surface area is 77.4 Å². The smallest absolute Gasteiger partial charge is 0.152 e. The van der Waals surface area contributed by atoms with Crippen molar-refractivity contribution in [3.63, 3.8) is 0 Å². The van der Waals surface area contributed by atoms with Crippen molar-refractivity contribution >= 4 is 0 Å². The molecule has 0 radical (unpaired) electrons. The summed E-state index contributed by atoms with van der Waals surface area (Å²) in [4.78, 5) is 0. The van der Waals surface area contributed by atoms with E-state index in [-0.39, 0.29) is 0 Å². The lowest BCUT2D eigenvalue weighted by Gasteiger charge is -2.38. The summed E-state index contributed by atoms with van der Waals surface area (Å²) in [6.07, 6.45) is 1.15. The van der Waals surface area contributed by atoms with Crippen LogP contribution in [0.25, 0.3) is 0 Å². The fourth-order valence-electron chi connectivity index (χ4n) is 1.81. The third kappa shape index (κ3) is 1.43. The van der Waals surface area contributed by atoms with Gasteiger partial charge in [0.15, 0.2) is 5.60 Å². The van der Waals surface area contributed by atoms with Gasteiger partial charge in [-0.3, -0.25) is 0 Å². The van der Waals surface area contributed by atoms with Crippen LogP contribution in [-0.4, -0.2) is 10.7 Å². The van der Waals surface area contributed by atoms with Crippen LogP contribution < -0.4 is 0 Å². The number of aliphatic hydroxyl groups is 1. The molecule has 2 nitrogen and oxygen atoms in total. The van der Waals surface area contributed by atoms with Crippen LogP contribution in [0.4, 0.5) is 0 Å². The quantitative estimate of drug-likeness (QED) is 0.658. The van der Waals surface area contributed by atoms with Crippen LogP contribution in [0.3, 0.4) is 0 Å². The lowest BCUT2D eigenvalue weighted by atomic mass is 9.69. The van der Waals surface area contributed by atoms with Gasteiger partial charge >= 0.3 is 0 Å². The van der Waals surface area contributed by atoms with Crippen LogP contribution in [0.5, 0.6) is 0 Å². The average molecular weight is 173 g/mol. The largest absolute Gasteiger partial charge is 0.375 e. The zero-order valence-electron chi connectivity index (χ0n) is 7.27. The number of rotatable bonds is 1. The molecule has 0 amide bonds. The van der Waals surface area contributed by atoms with E-state index >= 15 is 0 Å². The summed E-state index contributed by atoms with van der Waals surface area (Å²) >= 11 is 0. The normalized spacial score (nSPS) is 31.8. The maximum atomic E-state index is 9.49. The van der Waals surface area contributed by atoms with Gasteiger partial charge in [0.1, 0.15) is 0 Å². The van der Waals surface area contributed by atoms with Gasteiger partial charge in [-0.1, -0.05) is 30.3 Å². The highest BCUT2D eigenvalue weighted by Gasteiger charge is 2.43. The molecule has 1 N–H and O–H groups in total. The lowest BCUT2D eigenvalue weighted by Crippen LogP contribution is -2.40. The van der Waals surface area contributed by atoms with Crippen LogP contribution in [0.1, 0.15) is 24.3 Å². The first-order chi connectivity index (χ1) is 6.23. The summed E-state index contributed by atoms with van der Waals surface area (Å²) in [6, 6.07) is 12.0. The number of nitriles is 1. The average Bonchev–Trinajstić information content (AvgIpc) is 2.14. The second-order valence-electron chi connectivity index (χ2n) is 3.66. The molecule has 0 bridgehead atoms. The Bertz CT molecular complexity index is 333. The zero-order valence-corrected chi connectivity index (χ0v) is 7.27. The van der Waals surface area contributed by atoms with E-state index in [1.54, 1.807) is 0 Å². The van der Waals surface area contributed by atoms with Crippen molar-refractivity contribution in [1.29, 1.82) is 5.26 Å². The molecule has 0 aliphatic heterocycles. The molecule has 0 atom stereocenters. The minimum absolute atomic E-state index is 0.367. The summed E-state index contributed by atoms with van der Waals surface area (Å²) in [6.45, 7) is 0. The Morgan fingerprint density at radius 1 is 1.31 bits per heavy atom. The Morgan fingerprint density at radius 2 is 1.92 bits per heavy atom. The van der Waals surface area contributed by atoms with E-state index in [0.29, 0.717) is 18.8 Å². The molecule has 1 saturated carbocycles. The van der Waals surface area contributed by atoms with E-state index in [4.69, 9.17) is 5.26 Å². The van der Waals surface area contributed by atoms with Crippen molar-refractivity contribution in [2.45, 2.75) is 24.4 Å². The monoisotopic (exact) mass is 173 g/mol. The van der Waals surface area contributed by atoms with Gasteiger partial charge in [-0.25, -0.2) is 0 Å². The van der Waals surface area contributed by atoms with E-state index in [2.05, 4.69) is 0 Å². The molecular weight excluding hydrogens is 162 g/mol. The molecule has 66 valence electrons. The molecule has 0 heterocycles. The van der Waals surface area contributed by atoms with E-state index in [1.807, 2.05) is 36.4 Å². The van der Waals surface area contributed by atoms with Crippen molar-refractivity contribution in [2.75, 3.05) is 0 Å². The van der Waals surface area contributed by atoms with Gasteiger partial charge in [-0.2, -0.15) is 5.26 Å². The summed E-state index contributed by atoms with van der Waals surface area (Å²) in [5.41, 5.74) is 0.169. The van der Waals surface area contributed by atoms with Gasteiger partial charge in [-0.05, 0) is 24.3 Å². The Hall–Kier alpha value is -1.33. The summed E-state index contributed by atoms with van der Waals surface area (Å²) in [7, 11) is 0. The highest BCUT2D eigenvalue weighted by atomic mass is 16.3. The first-order valence-corrected chi connectivity index (χ1v) is 4.42. The van der Waals surface area contributed by atoms with Crippen molar-refractivity contribution < 1.29 is 5.11 Å². The van der Waals surface area contributed by atoms with Crippen LogP contribution >= 0.6 is 0 Å². The fraction of sp³-hybridized carbons (Fsp3) is 0.364. The van der Waals surface area contributed by atoms with Crippen molar-refractivity contribution in [2.24, 2.45) is 0 Å². The minimum Gasteiger partial charge on any atom is -0.375 e. The van der Waals surface area contributed by atoms with E-state index in [0.717, 1.165) is 0 Å². The molecule has 1 aromatic carbocycles. The van der Waals surface area contributed by atoms with E-state index in [1.165, 1.54) is 5.56 Å². The highest BCUT2D eigenvalue weighted by molar-refractivity contribution is 5.27. The Kier molecular flexibility index (Phi) is 1.82. The molecule has 0 saturated heterocycles. The van der Waals surface area contributed by atoms with Crippen molar-refractivity contribution in [1.82, 2.24) is 0 Å². The standard InChI is InChI=1S/C11H11NO/c12-8-11(13)6-10(7-11)9-4-2-1-3-5-9/h1-5,10,13H,6-7H2. The number of hydrogen-bond acceptors (Lipinski definition) is 2. The predicted octanol–water partition coefficient (Wildman–Crippen LogP) is 1.82. The van der Waals surface area contributed by atoms with Crippen LogP contribution in [0.2, 0.25) is 0 Å². The minimum atomic E-state index is -1.06. The van der Waals surface area contributed by atoms with Crippen molar-refractivity contribution in [3.05, 3.63) is 35.9 Å². The zero-order chi connectivity index (χ0) is 9.31. The molecule has 2 heteroatoms. The Balaban J connectivity index is 2.07. The van der Waals surface area contributed by atoms with Gasteiger partial charge in [0.05, 0.1) is 6.07 Å². The van der Waals surface area contributed by atoms with Gasteiger partial charge in [0.25, 0.3) is 0 Å². The summed E-state index contributed by atoms with van der Waals surface area (Å²) in [5.74, 6) is 0.367. The van der Waals surface area contributed by atoms with Crippen LogP contribution in [0, 0.1) is 11.3 Å². The molecule has 13 heavy (non-hydrogen) atoms. The molecule has 0 spiro atoms. The summed E-state index contributed by atoms with van der Waals surface area (Å²) < 4.78 is 0. The molecule has 1 aromatic rings. The number of nitrogens with zero attached hydrogens (tertiary/aromatic N) is 1. The molecular formula is C11H11NO. The molecule has 2 rings (SSSR count). The van der Waals surface area contributed by atoms with Gasteiger partial charge < -0.3 is 5.11 Å². The predicted molar refractivity (Wildman–Crippen MR) is 49.0 cm³/mol. The Morgan fingerprint density at radius 3 is 2.46 bits per heavy atom.